The van der Waals surface area contributed by atoms with Crippen molar-refractivity contribution in [3.63, 3.8) is 0 Å². The van der Waals surface area contributed by atoms with Gasteiger partial charge in [-0.3, -0.25) is 0 Å². The van der Waals surface area contributed by atoms with Crippen molar-refractivity contribution in [3.05, 3.63) is 33.7 Å². The predicted molar refractivity (Wildman–Crippen MR) is 71.2 cm³/mol. The van der Waals surface area contributed by atoms with Gasteiger partial charge in [0, 0.05) is 10.5 Å². The predicted octanol–water partition coefficient (Wildman–Crippen LogP) is 2.18. The van der Waals surface area contributed by atoms with E-state index in [2.05, 4.69) is 10.0 Å². The highest BCUT2D eigenvalue weighted by Gasteiger charge is 2.35. The second kappa shape index (κ2) is 3.94. The highest BCUT2D eigenvalue weighted by molar-refractivity contribution is 6.49. The molecule has 2 rings (SSSR count). The first-order valence-corrected chi connectivity index (χ1v) is 5.85. The lowest BCUT2D eigenvalue weighted by Gasteiger charge is -2.23. The summed E-state index contributed by atoms with van der Waals surface area (Å²) in [6.07, 6.45) is 0. The van der Waals surface area contributed by atoms with E-state index in [9.17, 15) is 5.11 Å². The van der Waals surface area contributed by atoms with Gasteiger partial charge in [0.2, 0.25) is 0 Å². The normalized spacial score (nSPS) is 16.7. The maximum Gasteiger partial charge on any atom is 0.310 e. The highest BCUT2D eigenvalue weighted by atomic mass is 16.5. The average molecular weight is 245 g/mol. The molecule has 94 valence electrons. The van der Waals surface area contributed by atoms with Gasteiger partial charge in [-0.05, 0) is 36.5 Å². The molecule has 1 aliphatic heterocycles. The van der Waals surface area contributed by atoms with Gasteiger partial charge in [-0.25, -0.2) is 0 Å². The van der Waals surface area contributed by atoms with Crippen LogP contribution in [0.1, 0.15) is 38.8 Å². The lowest BCUT2D eigenvalue weighted by atomic mass is 9.80. The van der Waals surface area contributed by atoms with Crippen molar-refractivity contribution in [2.75, 3.05) is 0 Å². The van der Waals surface area contributed by atoms with Gasteiger partial charge in [0.05, 0.1) is 11.1 Å². The lowest BCUT2D eigenvalue weighted by molar-refractivity contribution is 0.128. The monoisotopic (exact) mass is 245 g/mol. The molecule has 0 radical (unpaired) electrons. The number of aromatic hydroxyl groups is 1. The molecule has 1 aromatic rings. The molecule has 1 N–H and O–H groups in total. The maximum atomic E-state index is 10.2. The van der Waals surface area contributed by atoms with Gasteiger partial charge in [0.25, 0.3) is 0 Å². The van der Waals surface area contributed by atoms with E-state index in [4.69, 9.17) is 10.2 Å². The molecule has 0 fully saturated rings. The number of phenols is 1. The van der Waals surface area contributed by atoms with Crippen LogP contribution in [-0.2, 0) is 15.8 Å². The van der Waals surface area contributed by atoms with E-state index in [1.165, 1.54) is 0 Å². The van der Waals surface area contributed by atoms with E-state index in [-0.39, 0.29) is 5.75 Å². The molecule has 0 bridgehead atoms. The van der Waals surface area contributed by atoms with Crippen LogP contribution in [0.4, 0.5) is 0 Å². The van der Waals surface area contributed by atoms with E-state index in [0.717, 1.165) is 16.6 Å². The molecule has 1 aromatic carbocycles. The second-order valence-corrected chi connectivity index (χ2v) is 5.58. The first kappa shape index (κ1) is 12.8. The van der Waals surface area contributed by atoms with Crippen LogP contribution in [0.2, 0.25) is 0 Å². The Kier molecular flexibility index (Phi) is 2.80. The van der Waals surface area contributed by atoms with Crippen molar-refractivity contribution in [1.82, 2.24) is 0 Å². The quantitative estimate of drug-likeness (QED) is 0.375. The molecular formula is C12H16BN3O2. The van der Waals surface area contributed by atoms with Crippen molar-refractivity contribution in [2.24, 2.45) is 5.11 Å². The first-order chi connectivity index (χ1) is 8.28. The van der Waals surface area contributed by atoms with Gasteiger partial charge in [0.15, 0.2) is 0 Å². The van der Waals surface area contributed by atoms with E-state index >= 15 is 0 Å². The van der Waals surface area contributed by atoms with Crippen LogP contribution in [-0.4, -0.2) is 12.6 Å². The van der Waals surface area contributed by atoms with Crippen molar-refractivity contribution in [2.45, 2.75) is 38.8 Å². The van der Waals surface area contributed by atoms with Gasteiger partial charge >= 0.3 is 7.48 Å². The summed E-state index contributed by atoms with van der Waals surface area (Å²) in [7, 11) is 0.468. The fourth-order valence-corrected chi connectivity index (χ4v) is 2.35. The van der Waals surface area contributed by atoms with Crippen LogP contribution in [0.15, 0.2) is 17.2 Å². The molecule has 0 saturated carbocycles. The van der Waals surface area contributed by atoms with Gasteiger partial charge in [-0.15, -0.1) is 0 Å². The van der Waals surface area contributed by atoms with Crippen LogP contribution in [0.3, 0.4) is 0 Å². The van der Waals surface area contributed by atoms with Crippen LogP contribution >= 0.6 is 0 Å². The van der Waals surface area contributed by atoms with Crippen LogP contribution in [0.25, 0.3) is 10.4 Å². The number of benzene rings is 1. The fourth-order valence-electron chi connectivity index (χ4n) is 2.35. The largest absolute Gasteiger partial charge is 0.508 e. The Morgan fingerprint density at radius 1 is 1.44 bits per heavy atom. The molecule has 0 spiro atoms. The average Bonchev–Trinajstić information content (AvgIpc) is 2.55. The molecule has 0 unspecified atom stereocenters. The molecule has 0 saturated heterocycles. The summed E-state index contributed by atoms with van der Waals surface area (Å²) in [5.74, 6) is 0.200. The standard InChI is InChI=1S/C12H16BN3O2/c1-11(2,15-16-14)7-5-8-10(9(17)6-7)12(3,4)18-13-8/h5-6,13,17H,1-4H3. The van der Waals surface area contributed by atoms with E-state index < -0.39 is 11.1 Å². The number of hydrogen-bond acceptors (Lipinski definition) is 3. The molecule has 0 amide bonds. The number of nitrogens with zero attached hydrogens (tertiary/aromatic N) is 3. The molecule has 6 heteroatoms. The molecule has 0 aromatic heterocycles. The zero-order chi connectivity index (χ0) is 13.6. The minimum atomic E-state index is -0.687. The SMILES string of the molecule is CC(C)(N=[N+]=[N-])c1cc(O)c2c(c1)BOC2(C)C. The zero-order valence-corrected chi connectivity index (χ0v) is 11.1. The van der Waals surface area contributed by atoms with Gasteiger partial charge in [0.1, 0.15) is 5.75 Å². The summed E-state index contributed by atoms with van der Waals surface area (Å²) in [5.41, 5.74) is 9.99. The number of azide groups is 1. The summed E-state index contributed by atoms with van der Waals surface area (Å²) in [6, 6.07) is 3.60. The van der Waals surface area contributed by atoms with Crippen LogP contribution < -0.4 is 5.46 Å². The van der Waals surface area contributed by atoms with E-state index in [0.29, 0.717) is 7.48 Å². The molecule has 18 heavy (non-hydrogen) atoms. The molecule has 1 aliphatic rings. The van der Waals surface area contributed by atoms with Gasteiger partial charge in [-0.2, -0.15) is 0 Å². The summed E-state index contributed by atoms with van der Waals surface area (Å²) in [5, 5.41) is 13.9. The number of phenolic OH excluding ortho intramolecular Hbond substituents is 1. The fraction of sp³-hybridized carbons (Fsp3) is 0.500. The van der Waals surface area contributed by atoms with Gasteiger partial charge in [-0.1, -0.05) is 25.0 Å². The lowest BCUT2D eigenvalue weighted by Crippen LogP contribution is -2.21. The van der Waals surface area contributed by atoms with Crippen molar-refractivity contribution >= 4 is 12.9 Å². The summed E-state index contributed by atoms with van der Waals surface area (Å²) >= 11 is 0. The topological polar surface area (TPSA) is 78.2 Å². The van der Waals surface area contributed by atoms with Crippen molar-refractivity contribution < 1.29 is 9.76 Å². The number of hydrogen-bond donors (Lipinski definition) is 1. The zero-order valence-electron chi connectivity index (χ0n) is 11.1. The third-order valence-electron chi connectivity index (χ3n) is 3.39. The minimum absolute atomic E-state index is 0.200. The molecule has 0 aliphatic carbocycles. The summed E-state index contributed by atoms with van der Waals surface area (Å²) < 4.78 is 5.66. The Morgan fingerprint density at radius 3 is 2.72 bits per heavy atom. The maximum absolute atomic E-state index is 10.2. The van der Waals surface area contributed by atoms with Crippen molar-refractivity contribution in [3.8, 4) is 5.75 Å². The van der Waals surface area contributed by atoms with Gasteiger partial charge < -0.3 is 9.76 Å². The summed E-state index contributed by atoms with van der Waals surface area (Å²) in [4.78, 5) is 2.85. The van der Waals surface area contributed by atoms with Crippen molar-refractivity contribution in [1.29, 1.82) is 0 Å². The molecule has 5 nitrogen and oxygen atoms in total. The number of rotatable bonds is 2. The third kappa shape index (κ3) is 1.94. The van der Waals surface area contributed by atoms with E-state index in [1.54, 1.807) is 6.07 Å². The molecule has 1 heterocycles. The Hall–Kier alpha value is -1.65. The Bertz CT molecular complexity index is 548. The Labute approximate surface area is 107 Å². The highest BCUT2D eigenvalue weighted by Crippen LogP contribution is 2.37. The number of fused-ring (bicyclic) bond motifs is 1. The minimum Gasteiger partial charge on any atom is -0.508 e. The smallest absolute Gasteiger partial charge is 0.310 e. The molecular weight excluding hydrogens is 229 g/mol. The Morgan fingerprint density at radius 2 is 2.11 bits per heavy atom. The first-order valence-electron chi connectivity index (χ1n) is 5.85. The Balaban J connectivity index is 2.58. The van der Waals surface area contributed by atoms with E-state index in [1.807, 2.05) is 33.8 Å². The summed E-state index contributed by atoms with van der Waals surface area (Å²) in [6.45, 7) is 7.48. The second-order valence-electron chi connectivity index (χ2n) is 5.58. The van der Waals surface area contributed by atoms with Crippen LogP contribution in [0.5, 0.6) is 5.75 Å². The molecule has 0 atom stereocenters. The van der Waals surface area contributed by atoms with Crippen LogP contribution in [0, 0.1) is 0 Å². The third-order valence-corrected chi connectivity index (χ3v) is 3.39.